The van der Waals surface area contributed by atoms with Crippen LogP contribution in [-0.4, -0.2) is 60.7 Å². The summed E-state index contributed by atoms with van der Waals surface area (Å²) >= 11 is 6.25. The maximum Gasteiger partial charge on any atom is 0.303 e. The number of amides is 2. The zero-order valence-corrected chi connectivity index (χ0v) is 27.7. The number of fused-ring (bicyclic) bond motifs is 1. The number of rotatable bonds is 9. The zero-order valence-electron chi connectivity index (χ0n) is 26.9. The Bertz CT molecular complexity index is 1580. The van der Waals surface area contributed by atoms with Gasteiger partial charge in [-0.25, -0.2) is 0 Å². The molecule has 244 valence electrons. The molecule has 3 aromatic rings. The Labute approximate surface area is 275 Å². The SMILES string of the molecule is COc1cc2c(cc1OC(C)C)[C@H](c1ccc(Cl)cc1)N(c1ccc(C(C)(O)C3CCN(C(=O)COC(C)=O)CC3)cc1)C(=O)C2. The quantitative estimate of drug-likeness (QED) is 0.291. The molecule has 3 aromatic carbocycles. The number of hydrogen-bond donors (Lipinski definition) is 1. The highest BCUT2D eigenvalue weighted by Gasteiger charge is 2.39. The predicted molar refractivity (Wildman–Crippen MR) is 175 cm³/mol. The summed E-state index contributed by atoms with van der Waals surface area (Å²) in [6.45, 7) is 7.65. The van der Waals surface area contributed by atoms with Gasteiger partial charge in [0.05, 0.1) is 31.3 Å². The number of esters is 1. The van der Waals surface area contributed by atoms with Crippen LogP contribution in [0.15, 0.2) is 60.7 Å². The van der Waals surface area contributed by atoms with E-state index in [1.54, 1.807) is 23.8 Å². The van der Waals surface area contributed by atoms with Crippen molar-refractivity contribution in [2.75, 3.05) is 31.7 Å². The fourth-order valence-corrected chi connectivity index (χ4v) is 6.60. The maximum atomic E-state index is 13.9. The van der Waals surface area contributed by atoms with Crippen LogP contribution < -0.4 is 14.4 Å². The molecule has 1 fully saturated rings. The standard InChI is InChI=1S/C36H41ClN2O7/c1-22(2)46-32-20-30-25(18-31(32)44-5)19-33(41)39(35(30)24-6-10-28(37)11-7-24)29-12-8-26(9-13-29)36(4,43)27-14-16-38(17-15-27)34(42)21-45-23(3)40/h6-13,18,20,22,27,35,43H,14-17,19,21H2,1-5H3/t35-,36?/m0/s1. The van der Waals surface area contributed by atoms with Crippen molar-refractivity contribution in [3.05, 3.63) is 87.9 Å². The third kappa shape index (κ3) is 7.00. The Morgan fingerprint density at radius 1 is 1.02 bits per heavy atom. The van der Waals surface area contributed by atoms with Gasteiger partial charge in [0, 0.05) is 30.7 Å². The summed E-state index contributed by atoms with van der Waals surface area (Å²) in [5, 5.41) is 12.3. The molecule has 5 rings (SSSR count). The number of halogens is 1. The Balaban J connectivity index is 1.43. The lowest BCUT2D eigenvalue weighted by Gasteiger charge is -2.40. The number of hydrogen-bond acceptors (Lipinski definition) is 7. The Morgan fingerprint density at radius 3 is 2.26 bits per heavy atom. The number of methoxy groups -OCH3 is 1. The van der Waals surface area contributed by atoms with E-state index in [0.717, 1.165) is 22.3 Å². The number of likely N-dealkylation sites (tertiary alicyclic amines) is 1. The first kappa shape index (κ1) is 33.3. The molecule has 0 aromatic heterocycles. The molecule has 2 heterocycles. The van der Waals surface area contributed by atoms with Crippen molar-refractivity contribution in [2.45, 2.75) is 64.7 Å². The van der Waals surface area contributed by atoms with Gasteiger partial charge in [-0.05, 0) is 98.2 Å². The first-order chi connectivity index (χ1) is 21.9. The number of anilines is 1. The number of carbonyl (C=O) groups excluding carboxylic acids is 3. The molecular formula is C36H41ClN2O7. The topological polar surface area (TPSA) is 106 Å². The van der Waals surface area contributed by atoms with E-state index >= 15 is 0 Å². The minimum absolute atomic E-state index is 0.0719. The first-order valence-corrected chi connectivity index (χ1v) is 16.0. The summed E-state index contributed by atoms with van der Waals surface area (Å²) in [6, 6.07) is 18.4. The van der Waals surface area contributed by atoms with Crippen LogP contribution in [0.2, 0.25) is 5.02 Å². The van der Waals surface area contributed by atoms with Gasteiger partial charge in [-0.15, -0.1) is 0 Å². The molecule has 2 amide bonds. The van der Waals surface area contributed by atoms with Crippen LogP contribution in [0.25, 0.3) is 0 Å². The molecule has 0 saturated carbocycles. The van der Waals surface area contributed by atoms with E-state index in [1.165, 1.54) is 6.92 Å². The van der Waals surface area contributed by atoms with Gasteiger partial charge in [0.2, 0.25) is 5.91 Å². The minimum Gasteiger partial charge on any atom is -0.493 e. The Morgan fingerprint density at radius 2 is 1.67 bits per heavy atom. The summed E-state index contributed by atoms with van der Waals surface area (Å²) < 4.78 is 16.6. The number of piperidine rings is 1. The highest BCUT2D eigenvalue weighted by molar-refractivity contribution is 6.30. The van der Waals surface area contributed by atoms with Crippen LogP contribution in [0, 0.1) is 5.92 Å². The Kier molecular flexibility index (Phi) is 9.93. The van der Waals surface area contributed by atoms with Gasteiger partial charge >= 0.3 is 5.97 Å². The lowest BCUT2D eigenvalue weighted by atomic mass is 9.77. The summed E-state index contributed by atoms with van der Waals surface area (Å²) in [7, 11) is 1.59. The molecule has 1 saturated heterocycles. The number of nitrogens with zero attached hydrogens (tertiary/aromatic N) is 2. The summed E-state index contributed by atoms with van der Waals surface area (Å²) in [4.78, 5) is 40.8. The zero-order chi connectivity index (χ0) is 33.2. The fourth-order valence-electron chi connectivity index (χ4n) is 6.47. The van der Waals surface area contributed by atoms with Gasteiger partial charge in [0.15, 0.2) is 18.1 Å². The number of ether oxygens (including phenoxy) is 3. The van der Waals surface area contributed by atoms with Crippen molar-refractivity contribution in [3.8, 4) is 11.5 Å². The number of carbonyl (C=O) groups is 3. The van der Waals surface area contributed by atoms with Crippen molar-refractivity contribution in [1.82, 2.24) is 4.90 Å². The van der Waals surface area contributed by atoms with Gasteiger partial charge < -0.3 is 29.1 Å². The smallest absolute Gasteiger partial charge is 0.303 e. The molecule has 0 spiro atoms. The van der Waals surface area contributed by atoms with E-state index in [2.05, 4.69) is 0 Å². The lowest BCUT2D eigenvalue weighted by Crippen LogP contribution is -2.45. The largest absolute Gasteiger partial charge is 0.493 e. The molecule has 9 nitrogen and oxygen atoms in total. The fraction of sp³-hybridized carbons (Fsp3) is 0.417. The van der Waals surface area contributed by atoms with Crippen molar-refractivity contribution >= 4 is 35.1 Å². The Hall–Kier alpha value is -4.08. The summed E-state index contributed by atoms with van der Waals surface area (Å²) in [6.07, 6.45) is 1.32. The van der Waals surface area contributed by atoms with Crippen molar-refractivity contribution in [3.63, 3.8) is 0 Å². The summed E-state index contributed by atoms with van der Waals surface area (Å²) in [5.41, 5.74) is 2.97. The van der Waals surface area contributed by atoms with Gasteiger partial charge in [-0.1, -0.05) is 35.9 Å². The van der Waals surface area contributed by atoms with E-state index in [4.69, 9.17) is 25.8 Å². The average molecular weight is 649 g/mol. The minimum atomic E-state index is -1.16. The van der Waals surface area contributed by atoms with Crippen molar-refractivity contribution in [1.29, 1.82) is 0 Å². The monoisotopic (exact) mass is 648 g/mol. The number of aliphatic hydroxyl groups is 1. The third-order valence-corrected chi connectivity index (χ3v) is 9.16. The molecule has 2 atom stereocenters. The molecule has 46 heavy (non-hydrogen) atoms. The van der Waals surface area contributed by atoms with Crippen LogP contribution in [-0.2, 0) is 31.1 Å². The predicted octanol–water partition coefficient (Wildman–Crippen LogP) is 5.82. The highest BCUT2D eigenvalue weighted by atomic mass is 35.5. The maximum absolute atomic E-state index is 13.9. The molecule has 2 aliphatic rings. The van der Waals surface area contributed by atoms with Crippen LogP contribution in [0.1, 0.15) is 68.8 Å². The number of benzene rings is 3. The second-order valence-corrected chi connectivity index (χ2v) is 12.8. The van der Waals surface area contributed by atoms with Gasteiger partial charge in [-0.2, -0.15) is 0 Å². The van der Waals surface area contributed by atoms with Crippen molar-refractivity contribution < 1.29 is 33.7 Å². The van der Waals surface area contributed by atoms with Crippen LogP contribution in [0.3, 0.4) is 0 Å². The van der Waals surface area contributed by atoms with E-state index in [0.29, 0.717) is 48.1 Å². The molecular weight excluding hydrogens is 608 g/mol. The van der Waals surface area contributed by atoms with Crippen LogP contribution >= 0.6 is 11.6 Å². The van der Waals surface area contributed by atoms with Crippen LogP contribution in [0.4, 0.5) is 5.69 Å². The first-order valence-electron chi connectivity index (χ1n) is 15.6. The van der Waals surface area contributed by atoms with E-state index in [9.17, 15) is 19.5 Å². The van der Waals surface area contributed by atoms with Gasteiger partial charge in [0.1, 0.15) is 0 Å². The molecule has 0 bridgehead atoms. The second-order valence-electron chi connectivity index (χ2n) is 12.4. The van der Waals surface area contributed by atoms with E-state index in [-0.39, 0.29) is 36.9 Å². The normalized spacial score (nSPS) is 18.2. The van der Waals surface area contributed by atoms with Crippen molar-refractivity contribution in [2.24, 2.45) is 5.92 Å². The van der Waals surface area contributed by atoms with Gasteiger partial charge in [0.25, 0.3) is 5.91 Å². The molecule has 10 heteroatoms. The second kappa shape index (κ2) is 13.7. The molecule has 1 N–H and O–H groups in total. The molecule has 2 aliphatic heterocycles. The summed E-state index contributed by atoms with van der Waals surface area (Å²) in [5.74, 6) is 0.301. The van der Waals surface area contributed by atoms with E-state index in [1.807, 2.05) is 74.5 Å². The van der Waals surface area contributed by atoms with Crippen LogP contribution in [0.5, 0.6) is 11.5 Å². The van der Waals surface area contributed by atoms with Gasteiger partial charge in [-0.3, -0.25) is 14.4 Å². The average Bonchev–Trinajstić information content (AvgIpc) is 3.03. The molecule has 0 aliphatic carbocycles. The highest BCUT2D eigenvalue weighted by Crippen LogP contribution is 2.44. The molecule has 1 unspecified atom stereocenters. The van der Waals surface area contributed by atoms with E-state index < -0.39 is 17.6 Å². The lowest BCUT2D eigenvalue weighted by molar-refractivity contribution is -0.151. The molecule has 0 radical (unpaired) electrons. The third-order valence-electron chi connectivity index (χ3n) is 8.91.